The van der Waals surface area contributed by atoms with Crippen LogP contribution in [0, 0.1) is 17.2 Å². The molecule has 0 unspecified atom stereocenters. The van der Waals surface area contributed by atoms with Gasteiger partial charge in [-0.25, -0.2) is 13.1 Å². The number of amides is 2. The van der Waals surface area contributed by atoms with Gasteiger partial charge in [-0.3, -0.25) is 14.5 Å². The molecule has 2 bridgehead atoms. The van der Waals surface area contributed by atoms with Crippen molar-refractivity contribution in [2.75, 3.05) is 26.7 Å². The quantitative estimate of drug-likeness (QED) is 0.634. The molecule has 33 heavy (non-hydrogen) atoms. The third-order valence-corrected chi connectivity index (χ3v) is 8.68. The minimum Gasteiger partial charge on any atom is -0.330 e. The molecule has 4 rings (SSSR count). The highest BCUT2D eigenvalue weighted by molar-refractivity contribution is 7.89. The van der Waals surface area contributed by atoms with Crippen LogP contribution in [0.4, 0.5) is 0 Å². The van der Waals surface area contributed by atoms with Crippen molar-refractivity contribution >= 4 is 21.8 Å². The lowest BCUT2D eigenvalue weighted by Crippen LogP contribution is -2.53. The van der Waals surface area contributed by atoms with E-state index in [1.165, 1.54) is 13.1 Å². The Kier molecular flexibility index (Phi) is 6.49. The van der Waals surface area contributed by atoms with Crippen LogP contribution < -0.4 is 4.72 Å². The lowest BCUT2D eigenvalue weighted by molar-refractivity contribution is -0.142. The van der Waals surface area contributed by atoms with E-state index >= 15 is 0 Å². The van der Waals surface area contributed by atoms with Crippen LogP contribution in [0.3, 0.4) is 0 Å². The number of hydrogen-bond donors (Lipinski definition) is 1. The molecule has 0 aromatic heterocycles. The number of likely N-dealkylation sites (tertiary alicyclic amines) is 3. The molecule has 0 radical (unpaired) electrons. The Balaban J connectivity index is 1.42. The number of rotatable bonds is 7. The number of fused-ring (bicyclic) bond motifs is 2. The number of benzene rings is 1. The Morgan fingerprint density at radius 1 is 1.33 bits per heavy atom. The first-order valence-electron chi connectivity index (χ1n) is 11.5. The summed E-state index contributed by atoms with van der Waals surface area (Å²) >= 11 is 0. The molecule has 3 aliphatic heterocycles. The van der Waals surface area contributed by atoms with Gasteiger partial charge < -0.3 is 9.80 Å². The highest BCUT2D eigenvalue weighted by Crippen LogP contribution is 2.38. The molecule has 3 aliphatic rings. The molecule has 3 heterocycles. The molecule has 1 aromatic carbocycles. The van der Waals surface area contributed by atoms with Crippen molar-refractivity contribution < 1.29 is 18.0 Å². The second-order valence-corrected chi connectivity index (χ2v) is 11.2. The Morgan fingerprint density at radius 2 is 2.09 bits per heavy atom. The van der Waals surface area contributed by atoms with E-state index in [4.69, 9.17) is 0 Å². The molecule has 1 aromatic rings. The normalized spacial score (nSPS) is 27.1. The number of hydrogen-bond acceptors (Lipinski definition) is 6. The summed E-state index contributed by atoms with van der Waals surface area (Å²) in [7, 11) is -2.19. The zero-order chi connectivity index (χ0) is 23.9. The third kappa shape index (κ3) is 4.25. The molecule has 0 spiro atoms. The van der Waals surface area contributed by atoms with Gasteiger partial charge in [0.15, 0.2) is 0 Å². The predicted octanol–water partition coefficient (Wildman–Crippen LogP) is 1.09. The minimum absolute atomic E-state index is 0.0120. The van der Waals surface area contributed by atoms with Crippen molar-refractivity contribution in [2.24, 2.45) is 5.92 Å². The van der Waals surface area contributed by atoms with Crippen LogP contribution in [0.5, 0.6) is 0 Å². The molecule has 2 amide bonds. The van der Waals surface area contributed by atoms with E-state index in [1.807, 2.05) is 24.8 Å². The fraction of sp³-hybridized carbons (Fsp3) is 0.609. The third-order valence-electron chi connectivity index (χ3n) is 7.27. The smallest absolute Gasteiger partial charge is 0.240 e. The van der Waals surface area contributed by atoms with Crippen LogP contribution in [0.25, 0.3) is 0 Å². The maximum absolute atomic E-state index is 13.3. The number of carbonyl (C=O) groups is 2. The van der Waals surface area contributed by atoms with Gasteiger partial charge in [-0.2, -0.15) is 5.26 Å². The van der Waals surface area contributed by atoms with Crippen LogP contribution in [0.15, 0.2) is 29.2 Å². The van der Waals surface area contributed by atoms with E-state index in [0.717, 1.165) is 18.4 Å². The summed E-state index contributed by atoms with van der Waals surface area (Å²) in [6, 6.07) is 8.10. The maximum atomic E-state index is 13.3. The van der Waals surface area contributed by atoms with Gasteiger partial charge in [-0.05, 0) is 50.9 Å². The lowest BCUT2D eigenvalue weighted by atomic mass is 10.0. The molecule has 178 valence electrons. The van der Waals surface area contributed by atoms with E-state index in [1.54, 1.807) is 17.0 Å². The van der Waals surface area contributed by atoms with E-state index in [-0.39, 0.29) is 46.8 Å². The van der Waals surface area contributed by atoms with Crippen LogP contribution in [0.1, 0.15) is 44.7 Å². The fourth-order valence-electron chi connectivity index (χ4n) is 5.50. The first kappa shape index (κ1) is 23.7. The molecule has 10 heteroatoms. The Labute approximate surface area is 195 Å². The number of carbonyl (C=O) groups excluding carboxylic acids is 2. The summed E-state index contributed by atoms with van der Waals surface area (Å²) in [4.78, 5) is 32.0. The molecule has 0 aliphatic carbocycles. The van der Waals surface area contributed by atoms with Crippen molar-refractivity contribution in [3.05, 3.63) is 29.8 Å². The Hall–Kier alpha value is -2.48. The second kappa shape index (κ2) is 9.05. The van der Waals surface area contributed by atoms with Crippen LogP contribution >= 0.6 is 0 Å². The van der Waals surface area contributed by atoms with Gasteiger partial charge in [0.2, 0.25) is 21.8 Å². The van der Waals surface area contributed by atoms with Gasteiger partial charge in [-0.15, -0.1) is 0 Å². The van der Waals surface area contributed by atoms with Gasteiger partial charge >= 0.3 is 0 Å². The minimum atomic E-state index is -3.56. The molecule has 1 N–H and O–H groups in total. The summed E-state index contributed by atoms with van der Waals surface area (Å²) in [5.41, 5.74) is 0.777. The molecule has 5 atom stereocenters. The largest absolute Gasteiger partial charge is 0.330 e. The number of nitrogens with zero attached hydrogens (tertiary/aromatic N) is 4. The predicted molar refractivity (Wildman–Crippen MR) is 121 cm³/mol. The van der Waals surface area contributed by atoms with Gasteiger partial charge in [0, 0.05) is 31.6 Å². The molecule has 9 nitrogen and oxygen atoms in total. The van der Waals surface area contributed by atoms with Crippen LogP contribution in [0.2, 0.25) is 0 Å². The monoisotopic (exact) mass is 473 g/mol. The zero-order valence-electron chi connectivity index (χ0n) is 19.3. The maximum Gasteiger partial charge on any atom is 0.240 e. The zero-order valence-corrected chi connectivity index (χ0v) is 20.1. The summed E-state index contributed by atoms with van der Waals surface area (Å²) < 4.78 is 26.7. The Morgan fingerprint density at radius 3 is 2.76 bits per heavy atom. The van der Waals surface area contributed by atoms with Crippen molar-refractivity contribution in [3.8, 4) is 6.07 Å². The first-order valence-corrected chi connectivity index (χ1v) is 13.0. The molecule has 3 saturated heterocycles. The van der Waals surface area contributed by atoms with Crippen LogP contribution in [-0.2, 0) is 19.6 Å². The van der Waals surface area contributed by atoms with Gasteiger partial charge in [0.1, 0.15) is 6.04 Å². The van der Waals surface area contributed by atoms with Gasteiger partial charge in [-0.1, -0.05) is 19.1 Å². The van der Waals surface area contributed by atoms with Gasteiger partial charge in [0.25, 0.3) is 0 Å². The summed E-state index contributed by atoms with van der Waals surface area (Å²) in [6.07, 6.45) is 2.29. The van der Waals surface area contributed by atoms with Crippen molar-refractivity contribution in [3.63, 3.8) is 0 Å². The standard InChI is InChI=1S/C23H31N5O4S/c1-15(22(29)27-9-5-7-18(27)12-24)13-26-14-19-11-21(26)23(30)28(19)16(2)17-6-4-8-20(10-17)33(31,32)25-3/h4,6,8,10,15-16,18-19,21,25H,5,7,9,11,13-14H2,1-3H3/t15-,16-,18-,19-,21-/m0/s1. The van der Waals surface area contributed by atoms with Crippen molar-refractivity contribution in [1.29, 1.82) is 5.26 Å². The molecular formula is C23H31N5O4S. The van der Waals surface area contributed by atoms with Crippen molar-refractivity contribution in [2.45, 2.75) is 62.2 Å². The number of nitrogens with one attached hydrogen (secondary N) is 1. The lowest BCUT2D eigenvalue weighted by Gasteiger charge is -2.38. The number of piperazine rings is 1. The topological polar surface area (TPSA) is 114 Å². The summed E-state index contributed by atoms with van der Waals surface area (Å²) in [5, 5.41) is 9.28. The fourth-order valence-corrected chi connectivity index (χ4v) is 6.28. The van der Waals surface area contributed by atoms with E-state index < -0.39 is 10.0 Å². The van der Waals surface area contributed by atoms with Gasteiger partial charge in [0.05, 0.1) is 23.0 Å². The number of nitriles is 1. The highest BCUT2D eigenvalue weighted by Gasteiger charge is 2.51. The molecular weight excluding hydrogens is 442 g/mol. The summed E-state index contributed by atoms with van der Waals surface area (Å²) in [6.45, 7) is 5.61. The Bertz CT molecular complexity index is 1080. The average molecular weight is 474 g/mol. The first-order chi connectivity index (χ1) is 15.7. The van der Waals surface area contributed by atoms with E-state index in [9.17, 15) is 23.3 Å². The second-order valence-electron chi connectivity index (χ2n) is 9.28. The number of sulfonamides is 1. The highest BCUT2D eigenvalue weighted by atomic mass is 32.2. The van der Waals surface area contributed by atoms with Crippen molar-refractivity contribution in [1.82, 2.24) is 19.4 Å². The molecule has 0 saturated carbocycles. The summed E-state index contributed by atoms with van der Waals surface area (Å²) in [5.74, 6) is -0.265. The van der Waals surface area contributed by atoms with E-state index in [0.29, 0.717) is 26.1 Å². The SMILES string of the molecule is CNS(=O)(=O)c1cccc([C@H](C)N2C(=O)[C@@H]3C[C@H]2CN3C[C@H](C)C(=O)N2CCC[C@H]2C#N)c1. The van der Waals surface area contributed by atoms with E-state index in [2.05, 4.69) is 15.7 Å². The molecule has 3 fully saturated rings. The van der Waals surface area contributed by atoms with Crippen LogP contribution in [-0.4, -0.2) is 79.7 Å². The average Bonchev–Trinajstić information content (AvgIpc) is 3.52.